The van der Waals surface area contributed by atoms with Gasteiger partial charge in [-0.05, 0) is 18.6 Å². The average Bonchev–Trinajstić information content (AvgIpc) is 2.73. The quantitative estimate of drug-likeness (QED) is 0.720. The molecule has 0 saturated carbocycles. The fourth-order valence-electron chi connectivity index (χ4n) is 1.30. The van der Waals surface area contributed by atoms with Gasteiger partial charge in [-0.1, -0.05) is 31.9 Å². The molecule has 0 amide bonds. The molecule has 0 bridgehead atoms. The van der Waals surface area contributed by atoms with E-state index in [1.807, 2.05) is 26.0 Å². The summed E-state index contributed by atoms with van der Waals surface area (Å²) in [5.74, 6) is 1.48. The van der Waals surface area contributed by atoms with Crippen molar-refractivity contribution in [1.29, 1.82) is 5.26 Å². The zero-order valence-electron chi connectivity index (χ0n) is 9.01. The highest BCUT2D eigenvalue weighted by atomic mass is 35.5. The third-order valence-electron chi connectivity index (χ3n) is 2.13. The molecule has 1 aromatic rings. The Morgan fingerprint density at radius 2 is 2.20 bits per heavy atom. The van der Waals surface area contributed by atoms with E-state index < -0.39 is 0 Å². The van der Waals surface area contributed by atoms with Crippen LogP contribution in [0.2, 0.25) is 0 Å². The lowest BCUT2D eigenvalue weighted by Crippen LogP contribution is -1.83. The standard InChI is InChI=1S/C12H14ClNO/c1-3-5-9(8-14)12(13)11-7-6-10(4-2)15-11/h6-7H,3-5H2,1-2H3. The minimum atomic E-state index is 0.444. The molecule has 15 heavy (non-hydrogen) atoms. The van der Waals surface area contributed by atoms with Crippen LogP contribution in [0.25, 0.3) is 5.03 Å². The zero-order valence-corrected chi connectivity index (χ0v) is 9.77. The summed E-state index contributed by atoms with van der Waals surface area (Å²) in [5.41, 5.74) is 0.594. The Morgan fingerprint density at radius 1 is 1.47 bits per heavy atom. The van der Waals surface area contributed by atoms with Crippen molar-refractivity contribution < 1.29 is 4.42 Å². The lowest BCUT2D eigenvalue weighted by molar-refractivity contribution is 0.506. The highest BCUT2D eigenvalue weighted by Crippen LogP contribution is 2.27. The molecule has 1 rings (SSSR count). The number of nitriles is 1. The first kappa shape index (κ1) is 11.9. The van der Waals surface area contributed by atoms with Gasteiger partial charge in [-0.25, -0.2) is 0 Å². The van der Waals surface area contributed by atoms with Crippen LogP contribution in [0.15, 0.2) is 22.1 Å². The van der Waals surface area contributed by atoms with Crippen molar-refractivity contribution in [2.75, 3.05) is 0 Å². The Labute approximate surface area is 95.2 Å². The number of nitrogens with zero attached hydrogens (tertiary/aromatic N) is 1. The molecule has 0 radical (unpaired) electrons. The number of rotatable bonds is 4. The molecule has 3 heteroatoms. The molecule has 1 aromatic heterocycles. The van der Waals surface area contributed by atoms with Crippen LogP contribution >= 0.6 is 11.6 Å². The Balaban J connectivity index is 3.00. The molecule has 0 aliphatic heterocycles. The lowest BCUT2D eigenvalue weighted by atomic mass is 10.1. The molecule has 0 N–H and O–H groups in total. The first-order valence-corrected chi connectivity index (χ1v) is 5.48. The van der Waals surface area contributed by atoms with Crippen molar-refractivity contribution in [3.8, 4) is 6.07 Å². The van der Waals surface area contributed by atoms with Gasteiger partial charge in [0.25, 0.3) is 0 Å². The average molecular weight is 224 g/mol. The molecule has 0 aromatic carbocycles. The van der Waals surface area contributed by atoms with Gasteiger partial charge in [0.1, 0.15) is 11.5 Å². The van der Waals surface area contributed by atoms with Crippen LogP contribution in [0.4, 0.5) is 0 Å². The van der Waals surface area contributed by atoms with E-state index in [-0.39, 0.29) is 0 Å². The third-order valence-corrected chi connectivity index (χ3v) is 2.54. The second kappa shape index (κ2) is 5.63. The van der Waals surface area contributed by atoms with Crippen LogP contribution < -0.4 is 0 Å². The highest BCUT2D eigenvalue weighted by molar-refractivity contribution is 6.49. The van der Waals surface area contributed by atoms with E-state index in [9.17, 15) is 0 Å². The van der Waals surface area contributed by atoms with Gasteiger partial charge in [-0.3, -0.25) is 0 Å². The fraction of sp³-hybridized carbons (Fsp3) is 0.417. The van der Waals surface area contributed by atoms with Crippen molar-refractivity contribution in [1.82, 2.24) is 0 Å². The maximum absolute atomic E-state index is 8.92. The summed E-state index contributed by atoms with van der Waals surface area (Å²) in [7, 11) is 0. The number of aryl methyl sites for hydroxylation is 1. The molecule has 0 unspecified atom stereocenters. The minimum absolute atomic E-state index is 0.444. The first-order valence-electron chi connectivity index (χ1n) is 5.10. The Kier molecular flexibility index (Phi) is 4.45. The van der Waals surface area contributed by atoms with Crippen LogP contribution in [0.5, 0.6) is 0 Å². The zero-order chi connectivity index (χ0) is 11.3. The van der Waals surface area contributed by atoms with Crippen molar-refractivity contribution in [2.24, 2.45) is 0 Å². The molecule has 1 heterocycles. The second-order valence-electron chi connectivity index (χ2n) is 3.27. The monoisotopic (exact) mass is 223 g/mol. The van der Waals surface area contributed by atoms with Crippen LogP contribution in [0.3, 0.4) is 0 Å². The highest BCUT2D eigenvalue weighted by Gasteiger charge is 2.10. The molecular weight excluding hydrogens is 210 g/mol. The molecule has 0 aliphatic rings. The number of hydrogen-bond donors (Lipinski definition) is 0. The van der Waals surface area contributed by atoms with Crippen LogP contribution in [-0.2, 0) is 6.42 Å². The Morgan fingerprint density at radius 3 is 2.67 bits per heavy atom. The largest absolute Gasteiger partial charge is 0.460 e. The molecule has 0 fully saturated rings. The number of halogens is 1. The summed E-state index contributed by atoms with van der Waals surface area (Å²) in [5, 5.41) is 9.36. The van der Waals surface area contributed by atoms with Crippen molar-refractivity contribution in [3.63, 3.8) is 0 Å². The van der Waals surface area contributed by atoms with Gasteiger partial charge >= 0.3 is 0 Å². The Bertz CT molecular complexity index is 398. The van der Waals surface area contributed by atoms with E-state index in [4.69, 9.17) is 21.3 Å². The maximum Gasteiger partial charge on any atom is 0.146 e. The predicted octanol–water partition coefficient (Wildman–Crippen LogP) is 4.12. The third kappa shape index (κ3) is 2.87. The summed E-state index contributed by atoms with van der Waals surface area (Å²) in [6.07, 6.45) is 2.43. The van der Waals surface area contributed by atoms with Gasteiger partial charge in [-0.15, -0.1) is 0 Å². The van der Waals surface area contributed by atoms with E-state index in [0.29, 0.717) is 22.8 Å². The topological polar surface area (TPSA) is 36.9 Å². The normalized spacial score (nSPS) is 12.1. The van der Waals surface area contributed by atoms with Gasteiger partial charge in [-0.2, -0.15) is 5.26 Å². The summed E-state index contributed by atoms with van der Waals surface area (Å²) in [4.78, 5) is 0. The summed E-state index contributed by atoms with van der Waals surface area (Å²) >= 11 is 6.08. The van der Waals surface area contributed by atoms with E-state index >= 15 is 0 Å². The maximum atomic E-state index is 8.92. The fourth-order valence-corrected chi connectivity index (χ4v) is 1.54. The Hall–Kier alpha value is -1.20. The van der Waals surface area contributed by atoms with Gasteiger partial charge in [0.15, 0.2) is 0 Å². The van der Waals surface area contributed by atoms with Crippen molar-refractivity contribution >= 4 is 16.6 Å². The van der Waals surface area contributed by atoms with E-state index in [2.05, 4.69) is 6.07 Å². The summed E-state index contributed by atoms with van der Waals surface area (Å²) < 4.78 is 5.48. The smallest absolute Gasteiger partial charge is 0.146 e. The molecule has 80 valence electrons. The lowest BCUT2D eigenvalue weighted by Gasteiger charge is -1.98. The molecule has 0 atom stereocenters. The summed E-state index contributed by atoms with van der Waals surface area (Å²) in [6.45, 7) is 4.03. The SMILES string of the molecule is CCCC(C#N)=C(Cl)c1ccc(CC)o1. The van der Waals surface area contributed by atoms with Gasteiger partial charge in [0, 0.05) is 6.42 Å². The van der Waals surface area contributed by atoms with Crippen LogP contribution in [0, 0.1) is 11.3 Å². The van der Waals surface area contributed by atoms with E-state index in [0.717, 1.165) is 18.6 Å². The minimum Gasteiger partial charge on any atom is -0.460 e. The molecular formula is C12H14ClNO. The molecule has 0 aliphatic carbocycles. The van der Waals surface area contributed by atoms with Crippen molar-refractivity contribution in [2.45, 2.75) is 33.1 Å². The molecule has 2 nitrogen and oxygen atoms in total. The van der Waals surface area contributed by atoms with Gasteiger partial charge in [0.05, 0.1) is 16.7 Å². The number of allylic oxidation sites excluding steroid dienone is 1. The van der Waals surface area contributed by atoms with Crippen LogP contribution in [0.1, 0.15) is 38.2 Å². The second-order valence-corrected chi connectivity index (χ2v) is 3.65. The van der Waals surface area contributed by atoms with E-state index in [1.165, 1.54) is 0 Å². The number of furan rings is 1. The summed E-state index contributed by atoms with van der Waals surface area (Å²) in [6, 6.07) is 5.82. The van der Waals surface area contributed by atoms with Crippen molar-refractivity contribution in [3.05, 3.63) is 29.2 Å². The molecule has 0 saturated heterocycles. The predicted molar refractivity (Wildman–Crippen MR) is 61.4 cm³/mol. The first-order chi connectivity index (χ1) is 7.22. The van der Waals surface area contributed by atoms with Gasteiger partial charge in [0.2, 0.25) is 0 Å². The molecule has 0 spiro atoms. The van der Waals surface area contributed by atoms with Gasteiger partial charge < -0.3 is 4.42 Å². The number of hydrogen-bond acceptors (Lipinski definition) is 2. The van der Waals surface area contributed by atoms with Crippen LogP contribution in [-0.4, -0.2) is 0 Å². The van der Waals surface area contributed by atoms with E-state index in [1.54, 1.807) is 0 Å².